The number of aliphatic carboxylic acids is 1. The number of fused-ring (bicyclic) bond motifs is 1. The van der Waals surface area contributed by atoms with Crippen LogP contribution in [0.1, 0.15) is 35.7 Å². The standard InChI is InChI=1S/C29H33F2N7O4/c1-3-17-15-18(5-6-19(17)28(39)35-11-4-10-33-12-9-21(32)29(40)41)37-26-27-36-16-22(38(27)14-13-34-26)20-7-8-23(42-2)25(31)24(20)30/h5-8,13-16,21,33H,3-4,9-12,32H2,1-2H3,(H,34,37)(H,35,39)(H,40,41)/t21-/m0/s1. The monoisotopic (exact) mass is 581 g/mol. The number of anilines is 2. The highest BCUT2D eigenvalue weighted by molar-refractivity contribution is 5.96. The van der Waals surface area contributed by atoms with Crippen LogP contribution < -0.4 is 26.4 Å². The third kappa shape index (κ3) is 6.81. The molecule has 0 radical (unpaired) electrons. The minimum absolute atomic E-state index is 0.0275. The van der Waals surface area contributed by atoms with Gasteiger partial charge in [-0.25, -0.2) is 14.4 Å². The molecule has 4 rings (SSSR count). The Labute approximate surface area is 241 Å². The number of hydrogen-bond donors (Lipinski definition) is 5. The number of hydrogen-bond acceptors (Lipinski definition) is 8. The number of benzene rings is 2. The lowest BCUT2D eigenvalue weighted by atomic mass is 10.0. The van der Waals surface area contributed by atoms with Crippen molar-refractivity contribution < 1.29 is 28.2 Å². The number of carboxylic acids is 1. The van der Waals surface area contributed by atoms with Crippen LogP contribution in [0, 0.1) is 11.6 Å². The van der Waals surface area contributed by atoms with Crippen LogP contribution in [0.4, 0.5) is 20.3 Å². The molecule has 42 heavy (non-hydrogen) atoms. The predicted molar refractivity (Wildman–Crippen MR) is 154 cm³/mol. The Morgan fingerprint density at radius 1 is 1.12 bits per heavy atom. The quantitative estimate of drug-likeness (QED) is 0.141. The number of rotatable bonds is 14. The first-order chi connectivity index (χ1) is 20.2. The summed E-state index contributed by atoms with van der Waals surface area (Å²) in [6, 6.07) is 7.24. The van der Waals surface area contributed by atoms with Gasteiger partial charge in [0.1, 0.15) is 6.04 Å². The first-order valence-corrected chi connectivity index (χ1v) is 13.5. The summed E-state index contributed by atoms with van der Waals surface area (Å²) >= 11 is 0. The number of carboxylic acid groups (broad SMARTS) is 1. The van der Waals surface area contributed by atoms with E-state index < -0.39 is 23.6 Å². The van der Waals surface area contributed by atoms with Crippen LogP contribution in [0.5, 0.6) is 5.75 Å². The average molecular weight is 582 g/mol. The fourth-order valence-corrected chi connectivity index (χ4v) is 4.43. The number of nitrogens with zero attached hydrogens (tertiary/aromatic N) is 3. The highest BCUT2D eigenvalue weighted by atomic mass is 19.2. The van der Waals surface area contributed by atoms with Crippen LogP contribution in [0.25, 0.3) is 16.9 Å². The smallest absolute Gasteiger partial charge is 0.320 e. The Balaban J connectivity index is 1.41. The third-order valence-electron chi connectivity index (χ3n) is 6.73. The van der Waals surface area contributed by atoms with Crippen molar-refractivity contribution >= 4 is 29.0 Å². The minimum atomic E-state index is -1.08. The number of aromatic nitrogens is 3. The largest absolute Gasteiger partial charge is 0.494 e. The molecule has 0 unspecified atom stereocenters. The van der Waals surface area contributed by atoms with Gasteiger partial charge in [0, 0.05) is 35.8 Å². The van der Waals surface area contributed by atoms with E-state index in [0.717, 1.165) is 5.56 Å². The molecule has 0 spiro atoms. The summed E-state index contributed by atoms with van der Waals surface area (Å²) in [5, 5.41) is 18.0. The SMILES string of the molecule is CCc1cc(Nc2nccn3c(-c4ccc(OC)c(F)c4F)cnc23)ccc1C(=O)NCCCNCC[C@H](N)C(=O)O. The molecule has 2 aromatic carbocycles. The number of amides is 1. The van der Waals surface area contributed by atoms with E-state index in [1.807, 2.05) is 13.0 Å². The van der Waals surface area contributed by atoms with Crippen LogP contribution in [-0.4, -0.2) is 64.1 Å². The number of halogens is 2. The summed E-state index contributed by atoms with van der Waals surface area (Å²) in [7, 11) is 1.27. The molecule has 11 nitrogen and oxygen atoms in total. The summed E-state index contributed by atoms with van der Waals surface area (Å²) in [5.74, 6) is -3.14. The highest BCUT2D eigenvalue weighted by Gasteiger charge is 2.19. The number of ether oxygens (including phenoxy) is 1. The van der Waals surface area contributed by atoms with E-state index in [9.17, 15) is 18.4 Å². The second-order valence-corrected chi connectivity index (χ2v) is 9.50. The highest BCUT2D eigenvalue weighted by Crippen LogP contribution is 2.31. The fourth-order valence-electron chi connectivity index (χ4n) is 4.43. The van der Waals surface area contributed by atoms with Crippen molar-refractivity contribution in [1.82, 2.24) is 25.0 Å². The molecule has 1 amide bonds. The number of carbonyl (C=O) groups excluding carboxylic acids is 1. The van der Waals surface area contributed by atoms with E-state index in [2.05, 4.69) is 25.9 Å². The van der Waals surface area contributed by atoms with Gasteiger partial charge in [-0.2, -0.15) is 4.39 Å². The number of nitrogens with two attached hydrogens (primary N) is 1. The molecule has 0 aliphatic rings. The van der Waals surface area contributed by atoms with Gasteiger partial charge in [0.05, 0.1) is 19.0 Å². The Bertz CT molecular complexity index is 1580. The molecular formula is C29H33F2N7O4. The second kappa shape index (κ2) is 13.8. The zero-order valence-electron chi connectivity index (χ0n) is 23.3. The maximum Gasteiger partial charge on any atom is 0.320 e. The van der Waals surface area contributed by atoms with Gasteiger partial charge in [0.25, 0.3) is 5.91 Å². The Kier molecular flexibility index (Phi) is 9.99. The molecule has 0 aliphatic heterocycles. The van der Waals surface area contributed by atoms with Crippen molar-refractivity contribution in [1.29, 1.82) is 0 Å². The molecule has 2 aromatic heterocycles. The molecule has 222 valence electrons. The van der Waals surface area contributed by atoms with E-state index in [0.29, 0.717) is 67.3 Å². The molecule has 1 atom stereocenters. The number of methoxy groups -OCH3 is 1. The van der Waals surface area contributed by atoms with Crippen molar-refractivity contribution in [3.8, 4) is 17.0 Å². The number of aryl methyl sites for hydroxylation is 1. The van der Waals surface area contributed by atoms with Crippen molar-refractivity contribution in [3.05, 3.63) is 71.7 Å². The fraction of sp³-hybridized carbons (Fsp3) is 0.310. The zero-order valence-corrected chi connectivity index (χ0v) is 23.3. The maximum atomic E-state index is 14.8. The Morgan fingerprint density at radius 3 is 2.67 bits per heavy atom. The van der Waals surface area contributed by atoms with E-state index in [4.69, 9.17) is 15.6 Å². The third-order valence-corrected chi connectivity index (χ3v) is 6.73. The lowest BCUT2D eigenvalue weighted by Crippen LogP contribution is -2.34. The van der Waals surface area contributed by atoms with E-state index in [1.165, 1.54) is 31.6 Å². The second-order valence-electron chi connectivity index (χ2n) is 9.50. The predicted octanol–water partition coefficient (Wildman–Crippen LogP) is 3.50. The van der Waals surface area contributed by atoms with Gasteiger partial charge >= 0.3 is 5.97 Å². The lowest BCUT2D eigenvalue weighted by molar-refractivity contribution is -0.138. The van der Waals surface area contributed by atoms with Crippen molar-refractivity contribution in [3.63, 3.8) is 0 Å². The molecule has 2 heterocycles. The van der Waals surface area contributed by atoms with Crippen LogP contribution in [-0.2, 0) is 11.2 Å². The van der Waals surface area contributed by atoms with E-state index in [1.54, 1.807) is 22.7 Å². The number of imidazole rings is 1. The maximum absolute atomic E-state index is 14.8. The van der Waals surface area contributed by atoms with E-state index >= 15 is 0 Å². The van der Waals surface area contributed by atoms with Gasteiger partial charge in [-0.1, -0.05) is 6.92 Å². The molecule has 4 aromatic rings. The van der Waals surface area contributed by atoms with Gasteiger partial charge in [-0.15, -0.1) is 0 Å². The molecule has 0 aliphatic carbocycles. The average Bonchev–Trinajstić information content (AvgIpc) is 3.42. The summed E-state index contributed by atoms with van der Waals surface area (Å²) in [6.45, 7) is 3.50. The summed E-state index contributed by atoms with van der Waals surface area (Å²) < 4.78 is 35.6. The molecule has 0 fully saturated rings. The normalized spacial score (nSPS) is 11.8. The van der Waals surface area contributed by atoms with Crippen molar-refractivity contribution in [2.45, 2.75) is 32.2 Å². The van der Waals surface area contributed by atoms with Crippen LogP contribution in [0.3, 0.4) is 0 Å². The van der Waals surface area contributed by atoms with Gasteiger partial charge in [0.2, 0.25) is 5.82 Å². The minimum Gasteiger partial charge on any atom is -0.494 e. The van der Waals surface area contributed by atoms with Gasteiger partial charge < -0.3 is 31.5 Å². The van der Waals surface area contributed by atoms with Crippen molar-refractivity contribution in [2.75, 3.05) is 32.1 Å². The summed E-state index contributed by atoms with van der Waals surface area (Å²) in [6.07, 6.45) is 6.18. The molecule has 0 saturated carbocycles. The molecular weight excluding hydrogens is 548 g/mol. The molecule has 13 heteroatoms. The van der Waals surface area contributed by atoms with E-state index in [-0.39, 0.29) is 17.2 Å². The van der Waals surface area contributed by atoms with Crippen LogP contribution in [0.2, 0.25) is 0 Å². The molecule has 0 saturated heterocycles. The number of nitrogens with one attached hydrogen (secondary N) is 3. The lowest BCUT2D eigenvalue weighted by Gasteiger charge is -2.13. The topological polar surface area (TPSA) is 156 Å². The van der Waals surface area contributed by atoms with Gasteiger partial charge in [-0.05, 0) is 68.2 Å². The van der Waals surface area contributed by atoms with Crippen LogP contribution >= 0.6 is 0 Å². The van der Waals surface area contributed by atoms with Gasteiger partial charge in [0.15, 0.2) is 23.0 Å². The first-order valence-electron chi connectivity index (χ1n) is 13.5. The number of carbonyl (C=O) groups is 2. The Hall–Kier alpha value is -4.62. The molecule has 6 N–H and O–H groups in total. The van der Waals surface area contributed by atoms with Crippen LogP contribution in [0.15, 0.2) is 48.9 Å². The summed E-state index contributed by atoms with van der Waals surface area (Å²) in [5.41, 5.74) is 8.30. The molecule has 0 bridgehead atoms. The summed E-state index contributed by atoms with van der Waals surface area (Å²) in [4.78, 5) is 32.3. The van der Waals surface area contributed by atoms with Crippen molar-refractivity contribution in [2.24, 2.45) is 5.73 Å². The Morgan fingerprint density at radius 2 is 1.93 bits per heavy atom. The zero-order chi connectivity index (χ0) is 30.2. The van der Waals surface area contributed by atoms with Gasteiger partial charge in [-0.3, -0.25) is 14.0 Å². The first kappa shape index (κ1) is 30.3.